The summed E-state index contributed by atoms with van der Waals surface area (Å²) in [5.74, 6) is -0.675. The van der Waals surface area contributed by atoms with Crippen molar-refractivity contribution >= 4 is 17.3 Å². The number of aromatic nitrogens is 2. The first-order valence-electron chi connectivity index (χ1n) is 8.51. The summed E-state index contributed by atoms with van der Waals surface area (Å²) < 4.78 is 1.23. The van der Waals surface area contributed by atoms with E-state index in [1.54, 1.807) is 19.1 Å². The summed E-state index contributed by atoms with van der Waals surface area (Å²) in [4.78, 5) is 35.8. The van der Waals surface area contributed by atoms with Gasteiger partial charge in [0.1, 0.15) is 5.69 Å². The predicted octanol–water partition coefficient (Wildman–Crippen LogP) is 3.32. The van der Waals surface area contributed by atoms with Crippen LogP contribution in [0.5, 0.6) is 0 Å². The molecule has 2 aromatic carbocycles. The van der Waals surface area contributed by atoms with Crippen molar-refractivity contribution in [2.75, 3.05) is 5.32 Å². The molecule has 0 radical (unpaired) electrons. The van der Waals surface area contributed by atoms with Gasteiger partial charge in [0.25, 0.3) is 11.6 Å². The van der Waals surface area contributed by atoms with E-state index in [4.69, 9.17) is 0 Å². The van der Waals surface area contributed by atoms with E-state index < -0.39 is 16.3 Å². The average Bonchev–Trinajstić information content (AvgIpc) is 2.64. The fourth-order valence-corrected chi connectivity index (χ4v) is 2.80. The van der Waals surface area contributed by atoms with Crippen molar-refractivity contribution in [1.82, 2.24) is 9.78 Å². The lowest BCUT2D eigenvalue weighted by atomic mass is 10.1. The first-order chi connectivity index (χ1) is 13.3. The first-order valence-corrected chi connectivity index (χ1v) is 8.51. The number of carbonyl (C=O) groups is 1. The standard InChI is InChI=1S/C20H18N4O4/c1-12-8-9-13(2)15(10-12)21-20(26)19-18(25)11-14(3)23(22-19)16-6-4-5-7-17(16)24(27)28/h4-11H,1-3H3,(H,21,26). The minimum atomic E-state index is -0.675. The van der Waals surface area contributed by atoms with Gasteiger partial charge in [-0.3, -0.25) is 19.7 Å². The minimum absolute atomic E-state index is 0.172. The van der Waals surface area contributed by atoms with Gasteiger partial charge in [-0.2, -0.15) is 5.10 Å². The number of rotatable bonds is 4. The van der Waals surface area contributed by atoms with Crippen LogP contribution in [-0.2, 0) is 0 Å². The van der Waals surface area contributed by atoms with Crippen LogP contribution < -0.4 is 10.7 Å². The number of nitrogens with zero attached hydrogens (tertiary/aromatic N) is 3. The largest absolute Gasteiger partial charge is 0.320 e. The summed E-state index contributed by atoms with van der Waals surface area (Å²) in [5.41, 5.74) is 1.83. The highest BCUT2D eigenvalue weighted by Crippen LogP contribution is 2.22. The molecule has 0 saturated heterocycles. The Labute approximate surface area is 160 Å². The van der Waals surface area contributed by atoms with Crippen molar-refractivity contribution < 1.29 is 9.72 Å². The van der Waals surface area contributed by atoms with Crippen LogP contribution in [-0.4, -0.2) is 20.6 Å². The van der Waals surface area contributed by atoms with Crippen molar-refractivity contribution in [1.29, 1.82) is 0 Å². The highest BCUT2D eigenvalue weighted by Gasteiger charge is 2.20. The summed E-state index contributed by atoms with van der Waals surface area (Å²) in [6.07, 6.45) is 0. The highest BCUT2D eigenvalue weighted by atomic mass is 16.6. The summed E-state index contributed by atoms with van der Waals surface area (Å²) in [5, 5.41) is 18.1. The zero-order valence-corrected chi connectivity index (χ0v) is 15.6. The molecule has 0 fully saturated rings. The normalized spacial score (nSPS) is 10.5. The number of para-hydroxylation sites is 2. The van der Waals surface area contributed by atoms with Gasteiger partial charge in [0.2, 0.25) is 5.43 Å². The Morgan fingerprint density at radius 1 is 1.11 bits per heavy atom. The zero-order chi connectivity index (χ0) is 20.4. The van der Waals surface area contributed by atoms with Gasteiger partial charge in [0.05, 0.1) is 4.92 Å². The van der Waals surface area contributed by atoms with E-state index >= 15 is 0 Å². The molecule has 0 atom stereocenters. The molecule has 0 unspecified atom stereocenters. The molecule has 1 amide bonds. The van der Waals surface area contributed by atoms with E-state index in [2.05, 4.69) is 10.4 Å². The van der Waals surface area contributed by atoms with Gasteiger partial charge < -0.3 is 5.32 Å². The molecule has 8 heteroatoms. The Balaban J connectivity index is 2.08. The van der Waals surface area contributed by atoms with Gasteiger partial charge >= 0.3 is 0 Å². The Bertz CT molecular complexity index is 1150. The molecule has 3 rings (SSSR count). The number of hydrogen-bond donors (Lipinski definition) is 1. The molecule has 1 aromatic heterocycles. The summed E-state index contributed by atoms with van der Waals surface area (Å²) in [6, 6.07) is 12.8. The smallest absolute Gasteiger partial charge is 0.294 e. The molecule has 28 heavy (non-hydrogen) atoms. The molecule has 0 spiro atoms. The van der Waals surface area contributed by atoms with E-state index in [9.17, 15) is 19.7 Å². The monoisotopic (exact) mass is 378 g/mol. The lowest BCUT2D eigenvalue weighted by molar-refractivity contribution is -0.384. The Kier molecular flexibility index (Phi) is 5.04. The third-order valence-corrected chi connectivity index (χ3v) is 4.27. The zero-order valence-electron chi connectivity index (χ0n) is 15.6. The van der Waals surface area contributed by atoms with Crippen LogP contribution in [0.1, 0.15) is 27.3 Å². The Morgan fingerprint density at radius 3 is 2.54 bits per heavy atom. The minimum Gasteiger partial charge on any atom is -0.320 e. The number of nitro groups is 1. The third-order valence-electron chi connectivity index (χ3n) is 4.27. The molecular formula is C20H18N4O4. The van der Waals surface area contributed by atoms with Gasteiger partial charge in [-0.05, 0) is 44.0 Å². The van der Waals surface area contributed by atoms with E-state index in [0.29, 0.717) is 11.4 Å². The predicted molar refractivity (Wildman–Crippen MR) is 105 cm³/mol. The molecule has 1 N–H and O–H groups in total. The Hall–Kier alpha value is -3.81. The molecule has 0 aliphatic rings. The van der Waals surface area contributed by atoms with Crippen LogP contribution >= 0.6 is 0 Å². The topological polar surface area (TPSA) is 107 Å². The van der Waals surface area contributed by atoms with Gasteiger partial charge in [0.15, 0.2) is 5.69 Å². The van der Waals surface area contributed by atoms with Gasteiger partial charge in [-0.1, -0.05) is 24.3 Å². The molecule has 1 heterocycles. The van der Waals surface area contributed by atoms with Gasteiger partial charge in [0, 0.05) is 23.5 Å². The number of anilines is 1. The fourth-order valence-electron chi connectivity index (χ4n) is 2.80. The second-order valence-corrected chi connectivity index (χ2v) is 6.43. The fraction of sp³-hybridized carbons (Fsp3) is 0.150. The van der Waals surface area contributed by atoms with Crippen LogP contribution in [0.15, 0.2) is 53.3 Å². The number of aryl methyl sites for hydroxylation is 3. The van der Waals surface area contributed by atoms with Crippen LogP contribution in [0, 0.1) is 30.9 Å². The lowest BCUT2D eigenvalue weighted by Gasteiger charge is -2.12. The summed E-state index contributed by atoms with van der Waals surface area (Å²) in [7, 11) is 0. The summed E-state index contributed by atoms with van der Waals surface area (Å²) >= 11 is 0. The quantitative estimate of drug-likeness (QED) is 0.553. The average molecular weight is 378 g/mol. The Morgan fingerprint density at radius 2 is 1.82 bits per heavy atom. The number of carbonyl (C=O) groups excluding carboxylic acids is 1. The van der Waals surface area contributed by atoms with Crippen LogP contribution in [0.2, 0.25) is 0 Å². The van der Waals surface area contributed by atoms with Crippen molar-refractivity contribution in [3.05, 3.63) is 91.4 Å². The third kappa shape index (κ3) is 3.66. The number of nitro benzene ring substituents is 1. The van der Waals surface area contributed by atoms with E-state index in [1.807, 2.05) is 26.0 Å². The lowest BCUT2D eigenvalue weighted by Crippen LogP contribution is -2.27. The molecule has 0 aliphatic carbocycles. The van der Waals surface area contributed by atoms with Crippen LogP contribution in [0.3, 0.4) is 0 Å². The van der Waals surface area contributed by atoms with E-state index in [1.165, 1.54) is 28.9 Å². The molecule has 0 saturated carbocycles. The number of amides is 1. The molecule has 142 valence electrons. The van der Waals surface area contributed by atoms with Crippen molar-refractivity contribution in [3.8, 4) is 5.69 Å². The van der Waals surface area contributed by atoms with Gasteiger partial charge in [-0.15, -0.1) is 0 Å². The van der Waals surface area contributed by atoms with Crippen molar-refractivity contribution in [2.24, 2.45) is 0 Å². The van der Waals surface area contributed by atoms with Gasteiger partial charge in [-0.25, -0.2) is 4.68 Å². The molecule has 0 aliphatic heterocycles. The summed E-state index contributed by atoms with van der Waals surface area (Å²) in [6.45, 7) is 5.32. The number of hydrogen-bond acceptors (Lipinski definition) is 5. The maximum absolute atomic E-state index is 12.7. The maximum Gasteiger partial charge on any atom is 0.294 e. The number of nitrogens with one attached hydrogen (secondary N) is 1. The SMILES string of the molecule is Cc1ccc(C)c(NC(=O)c2nn(-c3ccccc3[N+](=O)[O-])c(C)cc2=O)c1. The van der Waals surface area contributed by atoms with Crippen molar-refractivity contribution in [2.45, 2.75) is 20.8 Å². The highest BCUT2D eigenvalue weighted by molar-refractivity contribution is 6.03. The molecular weight excluding hydrogens is 360 g/mol. The molecule has 8 nitrogen and oxygen atoms in total. The second kappa shape index (κ2) is 7.43. The second-order valence-electron chi connectivity index (χ2n) is 6.43. The van der Waals surface area contributed by atoms with Crippen LogP contribution in [0.4, 0.5) is 11.4 Å². The molecule has 0 bridgehead atoms. The first kappa shape index (κ1) is 19.0. The van der Waals surface area contributed by atoms with E-state index in [-0.39, 0.29) is 17.1 Å². The van der Waals surface area contributed by atoms with Crippen molar-refractivity contribution in [3.63, 3.8) is 0 Å². The van der Waals surface area contributed by atoms with E-state index in [0.717, 1.165) is 11.1 Å². The molecule has 3 aromatic rings. The van der Waals surface area contributed by atoms with Crippen LogP contribution in [0.25, 0.3) is 5.69 Å². The number of benzene rings is 2. The maximum atomic E-state index is 12.7.